The van der Waals surface area contributed by atoms with Gasteiger partial charge in [0.25, 0.3) is 0 Å². The van der Waals surface area contributed by atoms with Crippen LogP contribution in [0.3, 0.4) is 0 Å². The summed E-state index contributed by atoms with van der Waals surface area (Å²) >= 11 is 0. The first kappa shape index (κ1) is 8.57. The fourth-order valence-electron chi connectivity index (χ4n) is 1.58. The Morgan fingerprint density at radius 3 is 2.69 bits per heavy atom. The number of hydrogen-bond donors (Lipinski definition) is 1. The van der Waals surface area contributed by atoms with Crippen LogP contribution in [0.25, 0.3) is 0 Å². The van der Waals surface area contributed by atoms with E-state index in [1.54, 1.807) is 13.8 Å². The first-order valence-electron chi connectivity index (χ1n) is 4.54. The van der Waals surface area contributed by atoms with Gasteiger partial charge < -0.3 is 9.84 Å². The zero-order valence-electron chi connectivity index (χ0n) is 7.95. The first-order chi connectivity index (χ1) is 6.07. The van der Waals surface area contributed by atoms with Gasteiger partial charge in [0, 0.05) is 6.42 Å². The van der Waals surface area contributed by atoms with Gasteiger partial charge in [0.1, 0.15) is 11.9 Å². The molecule has 2 nitrogen and oxygen atoms in total. The predicted molar refractivity (Wildman–Crippen MR) is 50.9 cm³/mol. The van der Waals surface area contributed by atoms with Gasteiger partial charge in [0.05, 0.1) is 5.60 Å². The smallest absolute Gasteiger partial charge is 0.131 e. The van der Waals surface area contributed by atoms with E-state index in [1.165, 1.54) is 5.56 Å². The van der Waals surface area contributed by atoms with Gasteiger partial charge in [-0.1, -0.05) is 18.2 Å². The second-order valence-corrected chi connectivity index (χ2v) is 4.07. The molecule has 0 aromatic heterocycles. The van der Waals surface area contributed by atoms with E-state index in [-0.39, 0.29) is 6.10 Å². The van der Waals surface area contributed by atoms with Crippen molar-refractivity contribution in [2.45, 2.75) is 32.0 Å². The van der Waals surface area contributed by atoms with Crippen molar-refractivity contribution in [2.75, 3.05) is 0 Å². The second kappa shape index (κ2) is 2.74. The van der Waals surface area contributed by atoms with E-state index in [1.807, 2.05) is 24.3 Å². The van der Waals surface area contributed by atoms with Crippen LogP contribution in [0.1, 0.15) is 19.4 Å². The molecule has 1 aliphatic rings. The average molecular weight is 178 g/mol. The zero-order valence-corrected chi connectivity index (χ0v) is 7.95. The van der Waals surface area contributed by atoms with Gasteiger partial charge in [-0.15, -0.1) is 0 Å². The molecule has 0 radical (unpaired) electrons. The third-order valence-corrected chi connectivity index (χ3v) is 2.44. The fraction of sp³-hybridized carbons (Fsp3) is 0.455. The Kier molecular flexibility index (Phi) is 1.81. The molecule has 70 valence electrons. The highest BCUT2D eigenvalue weighted by molar-refractivity contribution is 5.37. The lowest BCUT2D eigenvalue weighted by atomic mass is 9.97. The van der Waals surface area contributed by atoms with Gasteiger partial charge in [-0.3, -0.25) is 0 Å². The molecule has 1 heterocycles. The molecule has 1 atom stereocenters. The minimum Gasteiger partial charge on any atom is -0.487 e. The van der Waals surface area contributed by atoms with E-state index in [4.69, 9.17) is 4.74 Å². The molecule has 0 saturated heterocycles. The van der Waals surface area contributed by atoms with E-state index < -0.39 is 5.60 Å². The maximum absolute atomic E-state index is 9.76. The summed E-state index contributed by atoms with van der Waals surface area (Å²) in [5.41, 5.74) is 0.425. The molecular formula is C11H14O2. The van der Waals surface area contributed by atoms with Gasteiger partial charge >= 0.3 is 0 Å². The Labute approximate surface area is 78.2 Å². The lowest BCUT2D eigenvalue weighted by Crippen LogP contribution is -2.39. The lowest BCUT2D eigenvalue weighted by Gasteiger charge is -2.24. The van der Waals surface area contributed by atoms with Crippen LogP contribution in [0.2, 0.25) is 0 Å². The summed E-state index contributed by atoms with van der Waals surface area (Å²) in [6, 6.07) is 7.93. The average Bonchev–Trinajstić information content (AvgIpc) is 2.45. The standard InChI is InChI=1S/C11H14O2/c1-11(2,12)10-7-8-5-3-4-6-9(8)13-10/h3-6,10,12H,7H2,1-2H3. The minimum absolute atomic E-state index is 0.107. The monoisotopic (exact) mass is 178 g/mol. The number of hydrogen-bond acceptors (Lipinski definition) is 2. The first-order valence-corrected chi connectivity index (χ1v) is 4.54. The normalized spacial score (nSPS) is 21.0. The van der Waals surface area contributed by atoms with Crippen molar-refractivity contribution < 1.29 is 9.84 Å². The van der Waals surface area contributed by atoms with Crippen LogP contribution in [0, 0.1) is 0 Å². The molecule has 0 fully saturated rings. The Bertz CT molecular complexity index is 287. The zero-order chi connectivity index (χ0) is 9.47. The van der Waals surface area contributed by atoms with Crippen LogP contribution in [-0.4, -0.2) is 16.8 Å². The molecule has 2 heteroatoms. The van der Waals surface area contributed by atoms with Crippen molar-refractivity contribution in [1.82, 2.24) is 0 Å². The van der Waals surface area contributed by atoms with E-state index in [9.17, 15) is 5.11 Å². The van der Waals surface area contributed by atoms with Crippen molar-refractivity contribution in [3.8, 4) is 5.75 Å². The predicted octanol–water partition coefficient (Wildman–Crippen LogP) is 1.76. The van der Waals surface area contributed by atoms with Crippen LogP contribution in [-0.2, 0) is 6.42 Å². The molecule has 1 aliphatic heterocycles. The Morgan fingerprint density at radius 2 is 2.08 bits per heavy atom. The van der Waals surface area contributed by atoms with E-state index in [2.05, 4.69) is 0 Å². The Hall–Kier alpha value is -1.02. The van der Waals surface area contributed by atoms with Crippen molar-refractivity contribution in [3.05, 3.63) is 29.8 Å². The van der Waals surface area contributed by atoms with E-state index >= 15 is 0 Å². The summed E-state index contributed by atoms with van der Waals surface area (Å²) in [4.78, 5) is 0. The second-order valence-electron chi connectivity index (χ2n) is 4.07. The molecule has 0 aliphatic carbocycles. The Morgan fingerprint density at radius 1 is 1.38 bits per heavy atom. The summed E-state index contributed by atoms with van der Waals surface area (Å²) in [6.45, 7) is 3.56. The molecule has 2 rings (SSSR count). The molecule has 1 unspecified atom stereocenters. The van der Waals surface area contributed by atoms with Crippen LogP contribution in [0.4, 0.5) is 0 Å². The summed E-state index contributed by atoms with van der Waals surface area (Å²) in [6.07, 6.45) is 0.699. The molecule has 0 amide bonds. The topological polar surface area (TPSA) is 29.5 Å². The molecule has 1 N–H and O–H groups in total. The largest absolute Gasteiger partial charge is 0.487 e. The lowest BCUT2D eigenvalue weighted by molar-refractivity contribution is -0.0229. The maximum atomic E-state index is 9.76. The van der Waals surface area contributed by atoms with Gasteiger partial charge in [-0.25, -0.2) is 0 Å². The summed E-state index contributed by atoms with van der Waals surface area (Å²) < 4.78 is 5.62. The highest BCUT2D eigenvalue weighted by atomic mass is 16.5. The number of benzene rings is 1. The fourth-order valence-corrected chi connectivity index (χ4v) is 1.58. The number of ether oxygens (including phenoxy) is 1. The van der Waals surface area contributed by atoms with Gasteiger partial charge in [-0.05, 0) is 25.5 Å². The summed E-state index contributed by atoms with van der Waals surface area (Å²) in [5, 5.41) is 9.76. The van der Waals surface area contributed by atoms with Gasteiger partial charge in [0.15, 0.2) is 0 Å². The van der Waals surface area contributed by atoms with Crippen LogP contribution < -0.4 is 4.74 Å². The SMILES string of the molecule is CC(C)(O)C1Cc2ccccc2O1. The molecule has 1 aromatic rings. The molecule has 0 saturated carbocycles. The third-order valence-electron chi connectivity index (χ3n) is 2.44. The molecule has 13 heavy (non-hydrogen) atoms. The van der Waals surface area contributed by atoms with Gasteiger partial charge in [0.2, 0.25) is 0 Å². The Balaban J connectivity index is 2.23. The number of aliphatic hydroxyl groups is 1. The highest BCUT2D eigenvalue weighted by Crippen LogP contribution is 2.32. The van der Waals surface area contributed by atoms with Crippen molar-refractivity contribution in [1.29, 1.82) is 0 Å². The molecule has 0 bridgehead atoms. The molecule has 0 spiro atoms. The molecule has 1 aromatic carbocycles. The van der Waals surface area contributed by atoms with Crippen LogP contribution in [0.15, 0.2) is 24.3 Å². The number of rotatable bonds is 1. The van der Waals surface area contributed by atoms with Crippen molar-refractivity contribution >= 4 is 0 Å². The van der Waals surface area contributed by atoms with Crippen LogP contribution >= 0.6 is 0 Å². The van der Waals surface area contributed by atoms with Gasteiger partial charge in [-0.2, -0.15) is 0 Å². The third kappa shape index (κ3) is 1.54. The van der Waals surface area contributed by atoms with Crippen molar-refractivity contribution in [3.63, 3.8) is 0 Å². The molecular weight excluding hydrogens is 164 g/mol. The number of para-hydroxylation sites is 1. The number of fused-ring (bicyclic) bond motifs is 1. The quantitative estimate of drug-likeness (QED) is 0.710. The van der Waals surface area contributed by atoms with E-state index in [0.717, 1.165) is 12.2 Å². The summed E-state index contributed by atoms with van der Waals surface area (Å²) in [5.74, 6) is 0.912. The van der Waals surface area contributed by atoms with Crippen LogP contribution in [0.5, 0.6) is 5.75 Å². The maximum Gasteiger partial charge on any atom is 0.131 e. The minimum atomic E-state index is -0.765. The van der Waals surface area contributed by atoms with Crippen molar-refractivity contribution in [2.24, 2.45) is 0 Å². The van der Waals surface area contributed by atoms with E-state index in [0.29, 0.717) is 0 Å². The summed E-state index contributed by atoms with van der Waals surface area (Å²) in [7, 11) is 0. The highest BCUT2D eigenvalue weighted by Gasteiger charge is 2.34.